The van der Waals surface area contributed by atoms with Gasteiger partial charge in [-0.05, 0) is 25.1 Å². The third kappa shape index (κ3) is 4.27. The maximum Gasteiger partial charge on any atom is 0.339 e. The molecule has 0 saturated heterocycles. The van der Waals surface area contributed by atoms with Gasteiger partial charge in [-0.1, -0.05) is 60.2 Å². The number of carbonyl (C=O) groups is 4. The van der Waals surface area contributed by atoms with E-state index in [0.29, 0.717) is 16.9 Å². The quantitative estimate of drug-likeness (QED) is 0.497. The van der Waals surface area contributed by atoms with Crippen LogP contribution in [0.5, 0.6) is 0 Å². The summed E-state index contributed by atoms with van der Waals surface area (Å²) in [6.45, 7) is 1.18. The van der Waals surface area contributed by atoms with Crippen molar-refractivity contribution >= 4 is 34.9 Å². The van der Waals surface area contributed by atoms with Gasteiger partial charge in [0.15, 0.2) is 12.4 Å². The second-order valence-electron chi connectivity index (χ2n) is 7.36. The van der Waals surface area contributed by atoms with E-state index in [9.17, 15) is 19.2 Å². The van der Waals surface area contributed by atoms with E-state index in [1.165, 1.54) is 11.0 Å². The number of ether oxygens (including phenoxy) is 1. The van der Waals surface area contributed by atoms with Crippen LogP contribution in [0.2, 0.25) is 0 Å². The van der Waals surface area contributed by atoms with Crippen LogP contribution in [0.15, 0.2) is 72.8 Å². The average Bonchev–Trinajstić information content (AvgIpc) is 2.81. The highest BCUT2D eigenvalue weighted by Crippen LogP contribution is 2.29. The molecule has 0 saturated carbocycles. The molecule has 1 N–H and O–H groups in total. The minimum atomic E-state index is -0.788. The Morgan fingerprint density at radius 1 is 0.906 bits per heavy atom. The lowest BCUT2D eigenvalue weighted by Gasteiger charge is -2.28. The fourth-order valence-electron chi connectivity index (χ4n) is 3.46. The van der Waals surface area contributed by atoms with Crippen molar-refractivity contribution in [3.63, 3.8) is 0 Å². The number of hydrogen-bond acceptors (Lipinski definition) is 5. The van der Waals surface area contributed by atoms with E-state index in [4.69, 9.17) is 4.74 Å². The molecule has 0 atom stereocenters. The van der Waals surface area contributed by atoms with Gasteiger partial charge in [0.1, 0.15) is 6.54 Å². The summed E-state index contributed by atoms with van der Waals surface area (Å²) in [4.78, 5) is 51.6. The van der Waals surface area contributed by atoms with Gasteiger partial charge in [0.2, 0.25) is 5.91 Å². The van der Waals surface area contributed by atoms with Gasteiger partial charge in [0.25, 0.3) is 5.91 Å². The summed E-state index contributed by atoms with van der Waals surface area (Å²) >= 11 is 0. The monoisotopic (exact) mass is 428 g/mol. The number of fused-ring (bicyclic) bond motifs is 1. The molecule has 0 aromatic heterocycles. The normalized spacial score (nSPS) is 12.5. The minimum absolute atomic E-state index is 0.0719. The van der Waals surface area contributed by atoms with E-state index in [2.05, 4.69) is 5.32 Å². The largest absolute Gasteiger partial charge is 0.452 e. The van der Waals surface area contributed by atoms with Gasteiger partial charge in [0.05, 0.1) is 16.9 Å². The van der Waals surface area contributed by atoms with E-state index in [1.54, 1.807) is 54.6 Å². The number of hydrogen-bond donors (Lipinski definition) is 1. The number of rotatable bonds is 5. The fourth-order valence-corrected chi connectivity index (χ4v) is 3.46. The molecule has 2 amide bonds. The molecule has 0 bridgehead atoms. The van der Waals surface area contributed by atoms with Crippen LogP contribution in [0.3, 0.4) is 0 Å². The van der Waals surface area contributed by atoms with Crippen molar-refractivity contribution in [2.75, 3.05) is 23.4 Å². The standard InChI is InChI=1S/C25H20N2O5/c1-16-10-12-17(13-11-16)24(30)18-6-2-3-7-19(18)25(31)32-15-23(29)27-14-22(28)26-20-8-4-5-9-21(20)27/h2-13H,14-15H2,1H3,(H,26,28). The van der Waals surface area contributed by atoms with Crippen molar-refractivity contribution in [2.45, 2.75) is 6.92 Å². The number of esters is 1. The Kier molecular flexibility index (Phi) is 5.81. The summed E-state index contributed by atoms with van der Waals surface area (Å²) in [7, 11) is 0. The van der Waals surface area contributed by atoms with E-state index < -0.39 is 18.5 Å². The number of nitrogens with zero attached hydrogens (tertiary/aromatic N) is 1. The molecule has 160 valence electrons. The predicted octanol–water partition coefficient (Wildman–Crippen LogP) is 3.37. The van der Waals surface area contributed by atoms with E-state index in [0.717, 1.165) is 5.56 Å². The van der Waals surface area contributed by atoms with Crippen molar-refractivity contribution in [1.82, 2.24) is 0 Å². The number of ketones is 1. The highest BCUT2D eigenvalue weighted by Gasteiger charge is 2.28. The molecule has 0 aliphatic carbocycles. The first-order chi connectivity index (χ1) is 15.4. The lowest BCUT2D eigenvalue weighted by molar-refractivity contribution is -0.124. The summed E-state index contributed by atoms with van der Waals surface area (Å²) in [5.74, 6) is -1.98. The Balaban J connectivity index is 1.50. The molecule has 0 fully saturated rings. The average molecular weight is 428 g/mol. The van der Waals surface area contributed by atoms with Crippen LogP contribution in [0.4, 0.5) is 11.4 Å². The molecule has 1 aliphatic rings. The smallest absolute Gasteiger partial charge is 0.339 e. The molecule has 3 aromatic rings. The summed E-state index contributed by atoms with van der Waals surface area (Å²) in [6.07, 6.45) is 0. The molecule has 32 heavy (non-hydrogen) atoms. The molecule has 0 spiro atoms. The Morgan fingerprint density at radius 3 is 2.31 bits per heavy atom. The number of nitrogens with one attached hydrogen (secondary N) is 1. The van der Waals surface area contributed by atoms with Crippen LogP contribution in [-0.4, -0.2) is 36.7 Å². The number of anilines is 2. The number of para-hydroxylation sites is 2. The van der Waals surface area contributed by atoms with E-state index in [1.807, 2.05) is 19.1 Å². The molecule has 1 heterocycles. The van der Waals surface area contributed by atoms with Crippen LogP contribution < -0.4 is 10.2 Å². The molecule has 0 radical (unpaired) electrons. The third-order valence-electron chi connectivity index (χ3n) is 5.10. The Labute approximate surface area is 184 Å². The number of amides is 2. The first-order valence-electron chi connectivity index (χ1n) is 10.0. The molecule has 7 nitrogen and oxygen atoms in total. The lowest BCUT2D eigenvalue weighted by atomic mass is 9.98. The maximum atomic E-state index is 12.9. The summed E-state index contributed by atoms with van der Waals surface area (Å²) in [6, 6.07) is 20.2. The van der Waals surface area contributed by atoms with E-state index in [-0.39, 0.29) is 29.4 Å². The fraction of sp³-hybridized carbons (Fsp3) is 0.120. The molecule has 1 aliphatic heterocycles. The second-order valence-corrected chi connectivity index (χ2v) is 7.36. The van der Waals surface area contributed by atoms with Gasteiger partial charge in [0, 0.05) is 11.1 Å². The Morgan fingerprint density at radius 2 is 1.56 bits per heavy atom. The van der Waals surface area contributed by atoms with Crippen LogP contribution >= 0.6 is 0 Å². The molecular formula is C25H20N2O5. The van der Waals surface area contributed by atoms with Gasteiger partial charge < -0.3 is 10.1 Å². The zero-order valence-electron chi connectivity index (χ0n) is 17.3. The van der Waals surface area contributed by atoms with Crippen LogP contribution in [-0.2, 0) is 14.3 Å². The topological polar surface area (TPSA) is 92.8 Å². The Hall–Kier alpha value is -4.26. The van der Waals surface area contributed by atoms with Gasteiger partial charge in [-0.2, -0.15) is 0 Å². The summed E-state index contributed by atoms with van der Waals surface area (Å²) in [5, 5.41) is 2.70. The van der Waals surface area contributed by atoms with Crippen molar-refractivity contribution in [3.05, 3.63) is 95.1 Å². The number of aryl methyl sites for hydroxylation is 1. The highest BCUT2D eigenvalue weighted by molar-refractivity contribution is 6.15. The zero-order valence-corrected chi connectivity index (χ0v) is 17.3. The molecular weight excluding hydrogens is 408 g/mol. The third-order valence-corrected chi connectivity index (χ3v) is 5.10. The maximum absolute atomic E-state index is 12.9. The van der Waals surface area contributed by atoms with Crippen molar-refractivity contribution in [3.8, 4) is 0 Å². The molecule has 4 rings (SSSR count). The summed E-state index contributed by atoms with van der Waals surface area (Å²) < 4.78 is 5.23. The zero-order chi connectivity index (χ0) is 22.7. The minimum Gasteiger partial charge on any atom is -0.452 e. The Bertz CT molecular complexity index is 1220. The lowest BCUT2D eigenvalue weighted by Crippen LogP contribution is -2.44. The number of benzene rings is 3. The molecule has 7 heteroatoms. The van der Waals surface area contributed by atoms with Gasteiger partial charge >= 0.3 is 5.97 Å². The molecule has 0 unspecified atom stereocenters. The predicted molar refractivity (Wildman–Crippen MR) is 119 cm³/mol. The first-order valence-corrected chi connectivity index (χ1v) is 10.0. The van der Waals surface area contributed by atoms with Gasteiger partial charge in [-0.25, -0.2) is 4.79 Å². The van der Waals surface area contributed by atoms with Crippen LogP contribution in [0.1, 0.15) is 31.8 Å². The van der Waals surface area contributed by atoms with Gasteiger partial charge in [-0.3, -0.25) is 19.3 Å². The number of carbonyl (C=O) groups excluding carboxylic acids is 4. The van der Waals surface area contributed by atoms with Crippen LogP contribution in [0, 0.1) is 6.92 Å². The molecule has 3 aromatic carbocycles. The first kappa shape index (κ1) is 21.0. The van der Waals surface area contributed by atoms with Gasteiger partial charge in [-0.15, -0.1) is 0 Å². The summed E-state index contributed by atoms with van der Waals surface area (Å²) in [5.41, 5.74) is 2.77. The van der Waals surface area contributed by atoms with E-state index >= 15 is 0 Å². The van der Waals surface area contributed by atoms with Crippen molar-refractivity contribution < 1.29 is 23.9 Å². The van der Waals surface area contributed by atoms with Crippen molar-refractivity contribution in [2.24, 2.45) is 0 Å². The SMILES string of the molecule is Cc1ccc(C(=O)c2ccccc2C(=O)OCC(=O)N2CC(=O)Nc3ccccc32)cc1. The highest BCUT2D eigenvalue weighted by atomic mass is 16.5. The van der Waals surface area contributed by atoms with Crippen LogP contribution in [0.25, 0.3) is 0 Å². The second kappa shape index (κ2) is 8.85. The van der Waals surface area contributed by atoms with Crippen molar-refractivity contribution in [1.29, 1.82) is 0 Å².